The van der Waals surface area contributed by atoms with Crippen LogP contribution in [0.2, 0.25) is 0 Å². The normalized spacial score (nSPS) is 10.6. The first-order chi connectivity index (χ1) is 13.5. The zero-order valence-corrected chi connectivity index (χ0v) is 16.5. The van der Waals surface area contributed by atoms with Crippen molar-refractivity contribution in [2.75, 3.05) is 12.8 Å². The number of carbonyl (C=O) groups excluding carboxylic acids is 1. The minimum Gasteiger partial charge on any atom is -0.506 e. The van der Waals surface area contributed by atoms with E-state index in [1.54, 1.807) is 17.8 Å². The van der Waals surface area contributed by atoms with E-state index in [0.29, 0.717) is 23.5 Å². The predicted molar refractivity (Wildman–Crippen MR) is 111 cm³/mol. The minimum atomic E-state index is 0.145. The van der Waals surface area contributed by atoms with Gasteiger partial charge in [0.2, 0.25) is 11.9 Å². The van der Waals surface area contributed by atoms with Crippen LogP contribution in [0.25, 0.3) is 27.9 Å². The van der Waals surface area contributed by atoms with Crippen molar-refractivity contribution in [1.29, 1.82) is 0 Å². The highest BCUT2D eigenvalue weighted by molar-refractivity contribution is 7.08. The molecule has 1 aromatic carbocycles. The molecule has 0 saturated carbocycles. The second-order valence-corrected chi connectivity index (χ2v) is 6.85. The van der Waals surface area contributed by atoms with Crippen molar-refractivity contribution in [3.8, 4) is 17.1 Å². The number of anilines is 1. The number of thiophene rings is 1. The Morgan fingerprint density at radius 3 is 2.75 bits per heavy atom. The lowest BCUT2D eigenvalue weighted by atomic mass is 10.2. The first kappa shape index (κ1) is 19.6. The zero-order valence-electron chi connectivity index (χ0n) is 15.7. The molecule has 0 unspecified atom stereocenters. The van der Waals surface area contributed by atoms with Gasteiger partial charge in [0.1, 0.15) is 5.75 Å². The molecule has 3 aromatic heterocycles. The molecule has 3 heterocycles. The maximum atomic E-state index is 10.5. The highest BCUT2D eigenvalue weighted by atomic mass is 32.1. The van der Waals surface area contributed by atoms with Gasteiger partial charge in [0.15, 0.2) is 11.5 Å². The van der Waals surface area contributed by atoms with Crippen molar-refractivity contribution in [2.45, 2.75) is 26.2 Å². The fraction of sp³-hybridized carbons (Fsp3) is 0.263. The van der Waals surface area contributed by atoms with Gasteiger partial charge in [-0.3, -0.25) is 4.79 Å². The van der Waals surface area contributed by atoms with E-state index in [2.05, 4.69) is 27.3 Å². The monoisotopic (exact) mass is 398 g/mol. The van der Waals surface area contributed by atoms with E-state index < -0.39 is 0 Å². The number of benzene rings is 1. The number of hydrogen-bond donors (Lipinski definition) is 3. The maximum Gasteiger partial charge on any atom is 0.223 e. The molecule has 0 aliphatic rings. The van der Waals surface area contributed by atoms with Gasteiger partial charge >= 0.3 is 0 Å². The van der Waals surface area contributed by atoms with E-state index in [9.17, 15) is 9.90 Å². The highest BCUT2D eigenvalue weighted by Crippen LogP contribution is 2.31. The number of para-hydroxylation sites is 1. The Kier molecular flexibility index (Phi) is 6.05. The third-order valence-electron chi connectivity index (χ3n) is 4.12. The van der Waals surface area contributed by atoms with E-state index in [0.717, 1.165) is 23.7 Å². The summed E-state index contributed by atoms with van der Waals surface area (Å²) in [6.45, 7) is 2.07. The summed E-state index contributed by atoms with van der Waals surface area (Å²) in [5.74, 6) is 1.02. The van der Waals surface area contributed by atoms with Crippen LogP contribution in [0, 0.1) is 0 Å². The lowest BCUT2D eigenvalue weighted by Gasteiger charge is -2.00. The number of fused-ring (bicyclic) bond motifs is 3. The Morgan fingerprint density at radius 2 is 2.07 bits per heavy atom. The van der Waals surface area contributed by atoms with Gasteiger partial charge in [-0.2, -0.15) is 4.52 Å². The summed E-state index contributed by atoms with van der Waals surface area (Å²) in [7, 11) is 1.66. The molecule has 0 radical (unpaired) electrons. The Morgan fingerprint density at radius 1 is 1.29 bits per heavy atom. The van der Waals surface area contributed by atoms with Crippen molar-refractivity contribution < 1.29 is 9.90 Å². The molecule has 8 nitrogen and oxygen atoms in total. The third-order valence-corrected chi connectivity index (χ3v) is 4.85. The molecule has 4 aromatic rings. The predicted octanol–water partition coefficient (Wildman–Crippen LogP) is 3.22. The molecule has 0 fully saturated rings. The second kappa shape index (κ2) is 8.66. The number of rotatable bonds is 4. The van der Waals surface area contributed by atoms with E-state index in [4.69, 9.17) is 5.73 Å². The Labute approximate surface area is 166 Å². The van der Waals surface area contributed by atoms with Crippen LogP contribution in [0.3, 0.4) is 0 Å². The lowest BCUT2D eigenvalue weighted by molar-refractivity contribution is -0.120. The molecule has 0 bridgehead atoms. The quantitative estimate of drug-likeness (QED) is 0.486. The molecule has 0 atom stereocenters. The fourth-order valence-electron chi connectivity index (χ4n) is 2.61. The number of aromatic hydroxyl groups is 1. The average molecular weight is 398 g/mol. The number of aromatic nitrogens is 4. The van der Waals surface area contributed by atoms with E-state index in [1.165, 1.54) is 15.9 Å². The topological polar surface area (TPSA) is 118 Å². The smallest absolute Gasteiger partial charge is 0.223 e. The molecule has 0 aliphatic heterocycles. The summed E-state index contributed by atoms with van der Waals surface area (Å²) in [6.07, 6.45) is 2.76. The minimum absolute atomic E-state index is 0.145. The van der Waals surface area contributed by atoms with Gasteiger partial charge in [0.25, 0.3) is 0 Å². The lowest BCUT2D eigenvalue weighted by Crippen LogP contribution is -2.16. The molecule has 0 saturated heterocycles. The van der Waals surface area contributed by atoms with Crippen molar-refractivity contribution in [3.63, 3.8) is 0 Å². The van der Waals surface area contributed by atoms with Crippen molar-refractivity contribution in [1.82, 2.24) is 24.9 Å². The van der Waals surface area contributed by atoms with Crippen LogP contribution < -0.4 is 11.1 Å². The van der Waals surface area contributed by atoms with E-state index in [1.807, 2.05) is 24.3 Å². The molecule has 28 heavy (non-hydrogen) atoms. The number of hydrogen-bond acceptors (Lipinski definition) is 7. The molecule has 1 amide bonds. The number of nitrogens with one attached hydrogen (secondary N) is 1. The summed E-state index contributed by atoms with van der Waals surface area (Å²) < 4.78 is 1.49. The highest BCUT2D eigenvalue weighted by Gasteiger charge is 2.15. The Balaban J connectivity index is 0.000000242. The van der Waals surface area contributed by atoms with Crippen LogP contribution in [0.15, 0.2) is 35.0 Å². The molecule has 4 N–H and O–H groups in total. The summed E-state index contributed by atoms with van der Waals surface area (Å²) in [4.78, 5) is 19.2. The summed E-state index contributed by atoms with van der Waals surface area (Å²) >= 11 is 1.39. The zero-order chi connectivity index (χ0) is 20.1. The molecular formula is C19H22N6O2S. The van der Waals surface area contributed by atoms with Crippen LogP contribution in [-0.2, 0) is 4.79 Å². The van der Waals surface area contributed by atoms with Gasteiger partial charge in [-0.25, -0.2) is 9.97 Å². The van der Waals surface area contributed by atoms with Crippen LogP contribution >= 0.6 is 11.3 Å². The average Bonchev–Trinajstić information content (AvgIpc) is 3.33. The summed E-state index contributed by atoms with van der Waals surface area (Å²) in [5, 5.41) is 21.0. The van der Waals surface area contributed by atoms with Gasteiger partial charge in [-0.1, -0.05) is 25.5 Å². The van der Waals surface area contributed by atoms with Gasteiger partial charge in [-0.15, -0.1) is 16.4 Å². The van der Waals surface area contributed by atoms with E-state index in [-0.39, 0.29) is 17.6 Å². The molecule has 0 aliphatic carbocycles. The largest absolute Gasteiger partial charge is 0.506 e. The van der Waals surface area contributed by atoms with Crippen LogP contribution in [-0.4, -0.2) is 37.6 Å². The number of nitrogens with zero attached hydrogens (tertiary/aromatic N) is 4. The van der Waals surface area contributed by atoms with E-state index >= 15 is 0 Å². The number of nitrogen functional groups attached to an aromatic ring is 1. The second-order valence-electron chi connectivity index (χ2n) is 6.11. The number of carbonyl (C=O) groups is 1. The molecule has 146 valence electrons. The maximum absolute atomic E-state index is 10.5. The van der Waals surface area contributed by atoms with Crippen molar-refractivity contribution in [2.24, 2.45) is 0 Å². The van der Waals surface area contributed by atoms with Gasteiger partial charge in [-0.05, 0) is 18.6 Å². The van der Waals surface area contributed by atoms with Crippen molar-refractivity contribution >= 4 is 39.7 Å². The van der Waals surface area contributed by atoms with Crippen LogP contribution in [0.5, 0.6) is 5.75 Å². The summed E-state index contributed by atoms with van der Waals surface area (Å²) in [5.41, 5.74) is 7.92. The third kappa shape index (κ3) is 4.04. The SMILES string of the molecule is CCCCC(=O)NC.Nc1nc2ccccc2c2nc(-c3cscc3O)nn12. The van der Waals surface area contributed by atoms with Crippen molar-refractivity contribution in [3.05, 3.63) is 35.0 Å². The molecule has 4 rings (SSSR count). The first-order valence-electron chi connectivity index (χ1n) is 8.92. The number of amides is 1. The van der Waals surface area contributed by atoms with Crippen LogP contribution in [0.4, 0.5) is 5.95 Å². The molecule has 0 spiro atoms. The Hall–Kier alpha value is -3.20. The summed E-state index contributed by atoms with van der Waals surface area (Å²) in [6, 6.07) is 7.61. The molecule has 9 heteroatoms. The Bertz CT molecular complexity index is 1100. The van der Waals surface area contributed by atoms with Crippen LogP contribution in [0.1, 0.15) is 26.2 Å². The standard InChI is InChI=1S/C13H9N5OS.C6H13NO/c14-13-15-9-4-2-1-3-7(9)12-16-11(17-18(12)13)8-5-20-6-10(8)19;1-3-4-5-6(8)7-2/h1-6,19H,(H2,14,15);3-5H2,1-2H3,(H,7,8). The first-order valence-corrected chi connectivity index (χ1v) is 9.86. The van der Waals surface area contributed by atoms with Gasteiger partial charge < -0.3 is 16.2 Å². The van der Waals surface area contributed by atoms with Gasteiger partial charge in [0, 0.05) is 29.6 Å². The number of nitrogens with two attached hydrogens (primary N) is 1. The van der Waals surface area contributed by atoms with Gasteiger partial charge in [0.05, 0.1) is 11.1 Å². The molecular weight excluding hydrogens is 376 g/mol. The fourth-order valence-corrected chi connectivity index (χ4v) is 3.30. The number of unbranched alkanes of at least 4 members (excludes halogenated alkanes) is 1.